The Bertz CT molecular complexity index is 826. The number of carbonyl (C=O) groups is 2. The van der Waals surface area contributed by atoms with Gasteiger partial charge in [-0.05, 0) is 46.0 Å². The van der Waals surface area contributed by atoms with Crippen LogP contribution in [0, 0.1) is 12.8 Å². The quantitative estimate of drug-likeness (QED) is 0.877. The van der Waals surface area contributed by atoms with Gasteiger partial charge in [0.1, 0.15) is 0 Å². The fourth-order valence-electron chi connectivity index (χ4n) is 3.49. The second-order valence-corrected chi connectivity index (χ2v) is 7.47. The standard InChI is InChI=1S/C21H28N4O2/c1-15-18(14-17-6-4-5-7-19(17)23-15)21(27)25-11-8-16(9-12-25)20(26)22-10-13-24(2)3/h4-7,14,16H,8-13H2,1-3H3,(H,22,26). The van der Waals surface area contributed by atoms with Gasteiger partial charge in [0.15, 0.2) is 0 Å². The van der Waals surface area contributed by atoms with Crippen molar-refractivity contribution in [2.24, 2.45) is 5.92 Å². The molecular formula is C21H28N4O2. The van der Waals surface area contributed by atoms with Crippen LogP contribution in [0.1, 0.15) is 28.9 Å². The number of piperidine rings is 1. The van der Waals surface area contributed by atoms with Crippen LogP contribution >= 0.6 is 0 Å². The molecule has 1 aromatic heterocycles. The number of nitrogens with zero attached hydrogens (tertiary/aromatic N) is 3. The summed E-state index contributed by atoms with van der Waals surface area (Å²) in [4.78, 5) is 33.7. The van der Waals surface area contributed by atoms with Crippen molar-refractivity contribution in [3.05, 3.63) is 41.6 Å². The molecular weight excluding hydrogens is 340 g/mol. The van der Waals surface area contributed by atoms with E-state index >= 15 is 0 Å². The van der Waals surface area contributed by atoms with Gasteiger partial charge in [-0.15, -0.1) is 0 Å². The summed E-state index contributed by atoms with van der Waals surface area (Å²) in [7, 11) is 3.97. The summed E-state index contributed by atoms with van der Waals surface area (Å²) in [5, 5.41) is 3.97. The monoisotopic (exact) mass is 368 g/mol. The molecule has 0 spiro atoms. The third-order valence-corrected chi connectivity index (χ3v) is 5.16. The SMILES string of the molecule is Cc1nc2ccccc2cc1C(=O)N1CCC(C(=O)NCCN(C)C)CC1. The average Bonchev–Trinajstić information content (AvgIpc) is 2.66. The molecule has 1 aromatic carbocycles. The van der Waals surface area contributed by atoms with Gasteiger partial charge in [-0.2, -0.15) is 0 Å². The van der Waals surface area contributed by atoms with Gasteiger partial charge in [0.2, 0.25) is 5.91 Å². The lowest BCUT2D eigenvalue weighted by Crippen LogP contribution is -2.44. The van der Waals surface area contributed by atoms with Crippen molar-refractivity contribution in [2.75, 3.05) is 40.3 Å². The molecule has 1 fully saturated rings. The molecule has 3 rings (SSSR count). The van der Waals surface area contributed by atoms with Gasteiger partial charge in [-0.1, -0.05) is 18.2 Å². The van der Waals surface area contributed by atoms with Gasteiger partial charge in [0, 0.05) is 37.5 Å². The largest absolute Gasteiger partial charge is 0.355 e. The lowest BCUT2D eigenvalue weighted by Gasteiger charge is -2.31. The number of carbonyl (C=O) groups excluding carboxylic acids is 2. The molecule has 0 unspecified atom stereocenters. The Morgan fingerprint density at radius 1 is 1.22 bits per heavy atom. The summed E-state index contributed by atoms with van der Waals surface area (Å²) in [6.45, 7) is 4.59. The number of amides is 2. The van der Waals surface area contributed by atoms with Crippen LogP contribution in [0.3, 0.4) is 0 Å². The van der Waals surface area contributed by atoms with E-state index in [4.69, 9.17) is 0 Å². The Hall–Kier alpha value is -2.47. The van der Waals surface area contributed by atoms with Crippen LogP contribution < -0.4 is 5.32 Å². The molecule has 2 heterocycles. The van der Waals surface area contributed by atoms with Crippen molar-refractivity contribution in [1.82, 2.24) is 20.1 Å². The Morgan fingerprint density at radius 2 is 1.93 bits per heavy atom. The predicted molar refractivity (Wildman–Crippen MR) is 107 cm³/mol. The molecule has 27 heavy (non-hydrogen) atoms. The van der Waals surface area contributed by atoms with Crippen molar-refractivity contribution >= 4 is 22.7 Å². The van der Waals surface area contributed by atoms with Crippen LogP contribution in [-0.4, -0.2) is 66.9 Å². The molecule has 1 saturated heterocycles. The number of benzene rings is 1. The van der Waals surface area contributed by atoms with Crippen molar-refractivity contribution < 1.29 is 9.59 Å². The van der Waals surface area contributed by atoms with Gasteiger partial charge in [-0.25, -0.2) is 0 Å². The molecule has 0 saturated carbocycles. The second kappa shape index (κ2) is 8.48. The molecule has 0 aliphatic carbocycles. The number of hydrogen-bond donors (Lipinski definition) is 1. The fourth-order valence-corrected chi connectivity index (χ4v) is 3.49. The highest BCUT2D eigenvalue weighted by Gasteiger charge is 2.28. The van der Waals surface area contributed by atoms with E-state index in [0.717, 1.165) is 23.1 Å². The number of aryl methyl sites for hydroxylation is 1. The highest BCUT2D eigenvalue weighted by Crippen LogP contribution is 2.22. The Morgan fingerprint density at radius 3 is 2.63 bits per heavy atom. The maximum Gasteiger partial charge on any atom is 0.255 e. The number of nitrogens with one attached hydrogen (secondary N) is 1. The first kappa shape index (κ1) is 19.3. The summed E-state index contributed by atoms with van der Waals surface area (Å²) >= 11 is 0. The fraction of sp³-hybridized carbons (Fsp3) is 0.476. The van der Waals surface area contributed by atoms with Gasteiger partial charge < -0.3 is 15.1 Å². The first-order chi connectivity index (χ1) is 13.0. The van der Waals surface area contributed by atoms with Crippen LogP contribution in [0.5, 0.6) is 0 Å². The first-order valence-electron chi connectivity index (χ1n) is 9.54. The van der Waals surface area contributed by atoms with E-state index in [-0.39, 0.29) is 17.7 Å². The van der Waals surface area contributed by atoms with Crippen LogP contribution in [0.15, 0.2) is 30.3 Å². The van der Waals surface area contributed by atoms with E-state index in [1.54, 1.807) is 0 Å². The number of aromatic nitrogens is 1. The zero-order chi connectivity index (χ0) is 19.4. The number of rotatable bonds is 5. The molecule has 144 valence electrons. The summed E-state index contributed by atoms with van der Waals surface area (Å²) in [6, 6.07) is 9.76. The van der Waals surface area contributed by atoms with Gasteiger partial charge in [0.25, 0.3) is 5.91 Å². The Balaban J connectivity index is 1.60. The van der Waals surface area contributed by atoms with E-state index in [2.05, 4.69) is 10.3 Å². The van der Waals surface area contributed by atoms with Gasteiger partial charge in [-0.3, -0.25) is 14.6 Å². The average molecular weight is 368 g/mol. The Kier molecular flexibility index (Phi) is 6.06. The van der Waals surface area contributed by atoms with E-state index in [0.29, 0.717) is 38.0 Å². The third-order valence-electron chi connectivity index (χ3n) is 5.16. The van der Waals surface area contributed by atoms with E-state index in [1.807, 2.05) is 61.2 Å². The third kappa shape index (κ3) is 4.63. The predicted octanol–water partition coefficient (Wildman–Crippen LogP) is 2.07. The molecule has 0 radical (unpaired) electrons. The maximum absolute atomic E-state index is 13.0. The summed E-state index contributed by atoms with van der Waals surface area (Å²) in [5.74, 6) is 0.108. The normalized spacial score (nSPS) is 15.3. The highest BCUT2D eigenvalue weighted by molar-refractivity contribution is 5.98. The topological polar surface area (TPSA) is 65.5 Å². The number of fused-ring (bicyclic) bond motifs is 1. The summed E-state index contributed by atoms with van der Waals surface area (Å²) < 4.78 is 0. The molecule has 6 heteroatoms. The van der Waals surface area contributed by atoms with Crippen LogP contribution in [-0.2, 0) is 4.79 Å². The summed E-state index contributed by atoms with van der Waals surface area (Å²) in [5.41, 5.74) is 2.31. The van der Waals surface area contributed by atoms with Crippen molar-refractivity contribution in [3.63, 3.8) is 0 Å². The van der Waals surface area contributed by atoms with Crippen molar-refractivity contribution in [2.45, 2.75) is 19.8 Å². The molecule has 1 N–H and O–H groups in total. The minimum atomic E-state index is -0.00737. The molecule has 2 amide bonds. The van der Waals surface area contributed by atoms with E-state index in [9.17, 15) is 9.59 Å². The minimum Gasteiger partial charge on any atom is -0.355 e. The minimum absolute atomic E-state index is 0.00737. The summed E-state index contributed by atoms with van der Waals surface area (Å²) in [6.07, 6.45) is 1.42. The van der Waals surface area contributed by atoms with Crippen LogP contribution in [0.2, 0.25) is 0 Å². The molecule has 1 aliphatic heterocycles. The van der Waals surface area contributed by atoms with Crippen molar-refractivity contribution in [3.8, 4) is 0 Å². The smallest absolute Gasteiger partial charge is 0.255 e. The number of hydrogen-bond acceptors (Lipinski definition) is 4. The van der Waals surface area contributed by atoms with Gasteiger partial charge >= 0.3 is 0 Å². The Labute approximate surface area is 160 Å². The zero-order valence-electron chi connectivity index (χ0n) is 16.4. The lowest BCUT2D eigenvalue weighted by atomic mass is 9.95. The first-order valence-corrected chi connectivity index (χ1v) is 9.54. The maximum atomic E-state index is 13.0. The van der Waals surface area contributed by atoms with Crippen molar-refractivity contribution in [1.29, 1.82) is 0 Å². The molecule has 2 aromatic rings. The van der Waals surface area contributed by atoms with Crippen LogP contribution in [0.25, 0.3) is 10.9 Å². The number of likely N-dealkylation sites (N-methyl/N-ethyl adjacent to an activating group) is 1. The highest BCUT2D eigenvalue weighted by atomic mass is 16.2. The lowest BCUT2D eigenvalue weighted by molar-refractivity contribution is -0.126. The number of likely N-dealkylation sites (tertiary alicyclic amines) is 1. The molecule has 0 atom stereocenters. The number of para-hydroxylation sites is 1. The second-order valence-electron chi connectivity index (χ2n) is 7.47. The van der Waals surface area contributed by atoms with Gasteiger partial charge in [0.05, 0.1) is 16.8 Å². The van der Waals surface area contributed by atoms with E-state index in [1.165, 1.54) is 0 Å². The zero-order valence-corrected chi connectivity index (χ0v) is 16.4. The molecule has 0 bridgehead atoms. The molecule has 1 aliphatic rings. The van der Waals surface area contributed by atoms with Crippen LogP contribution in [0.4, 0.5) is 0 Å². The van der Waals surface area contributed by atoms with E-state index < -0.39 is 0 Å². The number of pyridine rings is 1. The molecule has 6 nitrogen and oxygen atoms in total.